The van der Waals surface area contributed by atoms with Crippen molar-refractivity contribution in [3.8, 4) is 0 Å². The van der Waals surface area contributed by atoms with E-state index in [1.54, 1.807) is 0 Å². The van der Waals surface area contributed by atoms with E-state index in [1.807, 2.05) is 6.92 Å². The summed E-state index contributed by atoms with van der Waals surface area (Å²) in [5.74, 6) is 0.812. The molecule has 1 aromatic rings. The van der Waals surface area contributed by atoms with Gasteiger partial charge in [0.05, 0.1) is 11.9 Å². The highest BCUT2D eigenvalue weighted by atomic mass is 32.2. The normalized spacial score (nSPS) is 20.2. The van der Waals surface area contributed by atoms with E-state index in [2.05, 4.69) is 14.9 Å². The number of hydrogen-bond donors (Lipinski definition) is 0. The van der Waals surface area contributed by atoms with Crippen LogP contribution in [-0.4, -0.2) is 48.6 Å². The van der Waals surface area contributed by atoms with Crippen LogP contribution in [0.3, 0.4) is 0 Å². The molecule has 0 bridgehead atoms. The first-order valence-electron chi connectivity index (χ1n) is 7.01. The molecule has 2 aliphatic rings. The summed E-state index contributed by atoms with van der Waals surface area (Å²) in [6.45, 7) is 4.91. The van der Waals surface area contributed by atoms with Gasteiger partial charge in [-0.3, -0.25) is 0 Å². The minimum Gasteiger partial charge on any atom is -0.341 e. The van der Waals surface area contributed by atoms with Gasteiger partial charge in [-0.2, -0.15) is 4.31 Å². The van der Waals surface area contributed by atoms with Gasteiger partial charge in [-0.25, -0.2) is 18.4 Å². The lowest BCUT2D eigenvalue weighted by molar-refractivity contribution is 0.389. The summed E-state index contributed by atoms with van der Waals surface area (Å²) in [5, 5.41) is 0. The Morgan fingerprint density at radius 3 is 2.45 bits per heavy atom. The first-order valence-corrected chi connectivity index (χ1v) is 8.86. The summed E-state index contributed by atoms with van der Waals surface area (Å²) < 4.78 is 24.8. The average Bonchev–Trinajstić information content (AvgIpc) is 2.91. The fourth-order valence-corrected chi connectivity index (χ4v) is 3.67. The number of aromatic nitrogens is 2. The van der Waals surface area contributed by atoms with Crippen LogP contribution in [0.1, 0.15) is 29.8 Å². The number of sulfonamides is 1. The second-order valence-corrected chi connectivity index (χ2v) is 7.56. The molecule has 0 spiro atoms. The zero-order valence-electron chi connectivity index (χ0n) is 12.0. The molecule has 1 aromatic heterocycles. The predicted octanol–water partition coefficient (Wildman–Crippen LogP) is 0.703. The van der Waals surface area contributed by atoms with Crippen LogP contribution in [0, 0.1) is 6.92 Å². The Kier molecular flexibility index (Phi) is 3.41. The van der Waals surface area contributed by atoms with E-state index in [9.17, 15) is 8.42 Å². The molecule has 0 aromatic carbocycles. The number of aryl methyl sites for hydroxylation is 1. The number of hydrogen-bond acceptors (Lipinski definition) is 5. The van der Waals surface area contributed by atoms with Gasteiger partial charge in [0.2, 0.25) is 16.0 Å². The lowest BCUT2D eigenvalue weighted by Gasteiger charge is -2.28. The van der Waals surface area contributed by atoms with Crippen molar-refractivity contribution < 1.29 is 8.42 Å². The largest absolute Gasteiger partial charge is 0.341 e. The van der Waals surface area contributed by atoms with Crippen molar-refractivity contribution >= 4 is 16.0 Å². The highest BCUT2D eigenvalue weighted by Gasteiger charge is 2.27. The first-order chi connectivity index (χ1) is 9.45. The van der Waals surface area contributed by atoms with E-state index in [4.69, 9.17) is 0 Å². The molecule has 0 saturated carbocycles. The molecular formula is C13H20N4O2S. The Hall–Kier alpha value is -1.21. The zero-order chi connectivity index (χ0) is 14.3. The van der Waals surface area contributed by atoms with E-state index in [0.29, 0.717) is 19.5 Å². The molecule has 110 valence electrons. The molecule has 1 saturated heterocycles. The molecule has 3 rings (SSSR count). The van der Waals surface area contributed by atoms with Gasteiger partial charge in [-0.1, -0.05) is 0 Å². The highest BCUT2D eigenvalue weighted by molar-refractivity contribution is 7.88. The van der Waals surface area contributed by atoms with Crippen molar-refractivity contribution in [3.63, 3.8) is 0 Å². The van der Waals surface area contributed by atoms with Gasteiger partial charge in [0.15, 0.2) is 0 Å². The van der Waals surface area contributed by atoms with Crippen molar-refractivity contribution in [1.82, 2.24) is 14.3 Å². The fourth-order valence-electron chi connectivity index (χ4n) is 2.88. The Labute approximate surface area is 119 Å². The average molecular weight is 296 g/mol. The van der Waals surface area contributed by atoms with Gasteiger partial charge in [-0.15, -0.1) is 0 Å². The lowest BCUT2D eigenvalue weighted by Crippen LogP contribution is -2.36. The zero-order valence-corrected chi connectivity index (χ0v) is 12.8. The summed E-state index contributed by atoms with van der Waals surface area (Å²) in [5.41, 5.74) is 2.90. The quantitative estimate of drug-likeness (QED) is 0.804. The van der Waals surface area contributed by atoms with E-state index in [-0.39, 0.29) is 0 Å². The minimum atomic E-state index is -3.14. The monoisotopic (exact) mass is 296 g/mol. The molecule has 3 heterocycles. The van der Waals surface area contributed by atoms with Crippen LogP contribution in [0.15, 0.2) is 0 Å². The van der Waals surface area contributed by atoms with Crippen LogP contribution in [0.2, 0.25) is 0 Å². The number of nitrogens with zero attached hydrogens (tertiary/aromatic N) is 4. The molecule has 0 radical (unpaired) electrons. The third-order valence-electron chi connectivity index (χ3n) is 4.08. The lowest BCUT2D eigenvalue weighted by atomic mass is 10.1. The molecule has 2 aliphatic heterocycles. The van der Waals surface area contributed by atoms with Crippen LogP contribution >= 0.6 is 0 Å². The minimum absolute atomic E-state index is 0.403. The molecule has 1 fully saturated rings. The second-order valence-electron chi connectivity index (χ2n) is 5.57. The number of anilines is 1. The Bertz CT molecular complexity index is 624. The maximum Gasteiger partial charge on any atom is 0.225 e. The fraction of sp³-hybridized carbons (Fsp3) is 0.692. The van der Waals surface area contributed by atoms with Crippen LogP contribution in [0.5, 0.6) is 0 Å². The molecule has 0 atom stereocenters. The topological polar surface area (TPSA) is 66.4 Å². The Morgan fingerprint density at radius 2 is 1.80 bits per heavy atom. The Morgan fingerprint density at radius 1 is 1.10 bits per heavy atom. The van der Waals surface area contributed by atoms with Crippen LogP contribution in [0.25, 0.3) is 0 Å². The molecule has 20 heavy (non-hydrogen) atoms. The maximum atomic E-state index is 11.7. The molecule has 7 heteroatoms. The SMILES string of the molecule is Cc1nc(N2CCCC2)nc2c1CN(S(C)(=O)=O)CC2. The van der Waals surface area contributed by atoms with Crippen molar-refractivity contribution in [2.45, 2.75) is 32.7 Å². The van der Waals surface area contributed by atoms with Crippen LogP contribution < -0.4 is 4.90 Å². The van der Waals surface area contributed by atoms with Crippen LogP contribution in [0.4, 0.5) is 5.95 Å². The summed E-state index contributed by atoms with van der Waals surface area (Å²) in [7, 11) is -3.14. The summed E-state index contributed by atoms with van der Waals surface area (Å²) in [4.78, 5) is 11.5. The standard InChI is InChI=1S/C13H20N4O2S/c1-10-11-9-17(20(2,18)19)8-5-12(11)15-13(14-10)16-6-3-4-7-16/h3-9H2,1-2H3. The summed E-state index contributed by atoms with van der Waals surface area (Å²) in [6, 6.07) is 0. The number of fused-ring (bicyclic) bond motifs is 1. The molecule has 0 unspecified atom stereocenters. The van der Waals surface area contributed by atoms with Gasteiger partial charge in [0, 0.05) is 43.9 Å². The van der Waals surface area contributed by atoms with Gasteiger partial charge in [0.1, 0.15) is 0 Å². The van der Waals surface area contributed by atoms with Gasteiger partial charge < -0.3 is 4.90 Å². The predicted molar refractivity (Wildman–Crippen MR) is 77.2 cm³/mol. The van der Waals surface area contributed by atoms with Crippen molar-refractivity contribution in [1.29, 1.82) is 0 Å². The molecular weight excluding hydrogens is 276 g/mol. The third-order valence-corrected chi connectivity index (χ3v) is 5.33. The molecule has 0 aliphatic carbocycles. The van der Waals surface area contributed by atoms with E-state index >= 15 is 0 Å². The second kappa shape index (κ2) is 4.96. The summed E-state index contributed by atoms with van der Waals surface area (Å²) in [6.07, 6.45) is 4.32. The Balaban J connectivity index is 1.92. The van der Waals surface area contributed by atoms with E-state index in [1.165, 1.54) is 23.4 Å². The molecule has 0 amide bonds. The summed E-state index contributed by atoms with van der Waals surface area (Å²) >= 11 is 0. The smallest absolute Gasteiger partial charge is 0.225 e. The highest BCUT2D eigenvalue weighted by Crippen LogP contribution is 2.25. The molecule has 6 nitrogen and oxygen atoms in total. The van der Waals surface area contributed by atoms with Crippen molar-refractivity contribution in [2.75, 3.05) is 30.8 Å². The van der Waals surface area contributed by atoms with Crippen LogP contribution in [-0.2, 0) is 23.0 Å². The number of rotatable bonds is 2. The third kappa shape index (κ3) is 2.52. The van der Waals surface area contributed by atoms with Gasteiger partial charge >= 0.3 is 0 Å². The van der Waals surface area contributed by atoms with Crippen molar-refractivity contribution in [2.24, 2.45) is 0 Å². The van der Waals surface area contributed by atoms with Gasteiger partial charge in [-0.05, 0) is 19.8 Å². The molecule has 0 N–H and O–H groups in total. The first kappa shape index (κ1) is 13.8. The van der Waals surface area contributed by atoms with Crippen molar-refractivity contribution in [3.05, 3.63) is 17.0 Å². The van der Waals surface area contributed by atoms with E-state index < -0.39 is 10.0 Å². The van der Waals surface area contributed by atoms with Gasteiger partial charge in [0.25, 0.3) is 0 Å². The maximum absolute atomic E-state index is 11.7. The van der Waals surface area contributed by atoms with E-state index in [0.717, 1.165) is 36.0 Å².